The molecule has 0 spiro atoms. The fourth-order valence-corrected chi connectivity index (χ4v) is 3.78. The first-order valence-corrected chi connectivity index (χ1v) is 9.07. The third-order valence-corrected chi connectivity index (χ3v) is 5.34. The first-order chi connectivity index (χ1) is 10.8. The second kappa shape index (κ2) is 7.11. The lowest BCUT2D eigenvalue weighted by Crippen LogP contribution is -2.34. The summed E-state index contributed by atoms with van der Waals surface area (Å²) in [5.74, 6) is 1.58. The van der Waals surface area contributed by atoms with Crippen molar-refractivity contribution in [3.63, 3.8) is 0 Å². The third kappa shape index (κ3) is 3.59. The van der Waals surface area contributed by atoms with E-state index in [2.05, 4.69) is 21.8 Å². The molecule has 2 aromatic rings. The average molecular weight is 315 g/mol. The van der Waals surface area contributed by atoms with Crippen LogP contribution in [0.3, 0.4) is 0 Å². The highest BCUT2D eigenvalue weighted by Gasteiger charge is 2.18. The van der Waals surface area contributed by atoms with Gasteiger partial charge in [0, 0.05) is 42.9 Å². The summed E-state index contributed by atoms with van der Waals surface area (Å²) in [6.45, 7) is 4.75. The van der Waals surface area contributed by atoms with E-state index < -0.39 is 10.8 Å². The van der Waals surface area contributed by atoms with Crippen LogP contribution in [0.1, 0.15) is 24.0 Å². The van der Waals surface area contributed by atoms with Gasteiger partial charge in [0.15, 0.2) is 0 Å². The lowest BCUT2D eigenvalue weighted by atomic mass is 10.1. The number of fused-ring (bicyclic) bond motifs is 1. The molecular formula is C17H21N3OS. The Morgan fingerprint density at radius 3 is 2.86 bits per heavy atom. The van der Waals surface area contributed by atoms with Gasteiger partial charge in [0.1, 0.15) is 5.82 Å². The second-order valence-corrected chi connectivity index (χ2v) is 7.07. The highest BCUT2D eigenvalue weighted by Crippen LogP contribution is 2.17. The summed E-state index contributed by atoms with van der Waals surface area (Å²) >= 11 is 0. The molecule has 1 aromatic carbocycles. The van der Waals surface area contributed by atoms with E-state index in [0.717, 1.165) is 48.9 Å². The lowest BCUT2D eigenvalue weighted by Gasteiger charge is -2.27. The zero-order chi connectivity index (χ0) is 15.4. The summed E-state index contributed by atoms with van der Waals surface area (Å²) in [6.07, 6.45) is 3.82. The van der Waals surface area contributed by atoms with Gasteiger partial charge in [0.05, 0.1) is 16.5 Å². The normalized spacial score (nSPS) is 16.2. The lowest BCUT2D eigenvalue weighted by molar-refractivity contribution is 0.264. The topological polar surface area (TPSA) is 46.1 Å². The quantitative estimate of drug-likeness (QED) is 0.848. The van der Waals surface area contributed by atoms with Gasteiger partial charge < -0.3 is 0 Å². The molecule has 4 nitrogen and oxygen atoms in total. The number of aryl methyl sites for hydroxylation is 1. The standard InChI is InChI=1S/C17H21N3OS/c1-2-17-18-12-14-8-9-20(13-16(14)19-17)10-11-22(21)15-6-4-3-5-7-15/h3-7,12H,2,8-11,13H2,1H3/t22-/m0/s1. The predicted octanol–water partition coefficient (Wildman–Crippen LogP) is 2.20. The number of hydrogen-bond donors (Lipinski definition) is 0. The van der Waals surface area contributed by atoms with Crippen molar-refractivity contribution in [2.45, 2.75) is 31.2 Å². The first-order valence-electron chi connectivity index (χ1n) is 7.75. The molecule has 0 radical (unpaired) electrons. The Balaban J connectivity index is 1.59. The van der Waals surface area contributed by atoms with Gasteiger partial charge >= 0.3 is 0 Å². The van der Waals surface area contributed by atoms with Gasteiger partial charge in [-0.3, -0.25) is 9.11 Å². The Kier molecular flexibility index (Phi) is 4.95. The fourth-order valence-electron chi connectivity index (χ4n) is 2.66. The van der Waals surface area contributed by atoms with Crippen molar-refractivity contribution in [1.29, 1.82) is 0 Å². The maximum absolute atomic E-state index is 12.3. The molecule has 1 atom stereocenters. The van der Waals surface area contributed by atoms with Crippen LogP contribution in [0.4, 0.5) is 0 Å². The third-order valence-electron chi connectivity index (χ3n) is 3.99. The van der Waals surface area contributed by atoms with E-state index in [-0.39, 0.29) is 0 Å². The molecule has 1 aliphatic rings. The second-order valence-electron chi connectivity index (χ2n) is 5.50. The van der Waals surface area contributed by atoms with Crippen molar-refractivity contribution in [3.8, 4) is 0 Å². The molecule has 5 heteroatoms. The molecule has 0 saturated carbocycles. The van der Waals surface area contributed by atoms with E-state index in [1.807, 2.05) is 36.5 Å². The maximum Gasteiger partial charge on any atom is 0.128 e. The van der Waals surface area contributed by atoms with Crippen molar-refractivity contribution < 1.29 is 4.21 Å². The molecule has 1 aromatic heterocycles. The largest absolute Gasteiger partial charge is 0.296 e. The van der Waals surface area contributed by atoms with E-state index in [9.17, 15) is 4.21 Å². The van der Waals surface area contributed by atoms with Crippen molar-refractivity contribution in [2.75, 3.05) is 18.8 Å². The minimum atomic E-state index is -0.923. The molecule has 0 saturated heterocycles. The van der Waals surface area contributed by atoms with Crippen molar-refractivity contribution in [1.82, 2.24) is 14.9 Å². The molecule has 0 fully saturated rings. The number of nitrogens with zero attached hydrogens (tertiary/aromatic N) is 3. The van der Waals surface area contributed by atoms with Gasteiger partial charge in [-0.1, -0.05) is 25.1 Å². The maximum atomic E-state index is 12.3. The fraction of sp³-hybridized carbons (Fsp3) is 0.412. The van der Waals surface area contributed by atoms with Crippen LogP contribution in [-0.2, 0) is 30.2 Å². The van der Waals surface area contributed by atoms with Gasteiger partial charge in [-0.05, 0) is 24.1 Å². The van der Waals surface area contributed by atoms with E-state index in [1.165, 1.54) is 5.56 Å². The summed E-state index contributed by atoms with van der Waals surface area (Å²) in [4.78, 5) is 12.3. The van der Waals surface area contributed by atoms with Crippen LogP contribution < -0.4 is 0 Å². The molecule has 2 heterocycles. The van der Waals surface area contributed by atoms with E-state index >= 15 is 0 Å². The smallest absolute Gasteiger partial charge is 0.128 e. The minimum Gasteiger partial charge on any atom is -0.296 e. The molecule has 0 bridgehead atoms. The van der Waals surface area contributed by atoms with Gasteiger partial charge in [0.2, 0.25) is 0 Å². The Bertz CT molecular complexity index is 660. The van der Waals surface area contributed by atoms with Crippen LogP contribution in [0.5, 0.6) is 0 Å². The highest BCUT2D eigenvalue weighted by molar-refractivity contribution is 7.85. The highest BCUT2D eigenvalue weighted by atomic mass is 32.2. The van der Waals surface area contributed by atoms with Crippen molar-refractivity contribution in [3.05, 3.63) is 53.6 Å². The summed E-state index contributed by atoms with van der Waals surface area (Å²) in [5.41, 5.74) is 2.40. The molecule has 3 rings (SSSR count). The van der Waals surface area contributed by atoms with Crippen LogP contribution in [0.15, 0.2) is 41.4 Å². The number of hydrogen-bond acceptors (Lipinski definition) is 4. The molecule has 1 aliphatic heterocycles. The van der Waals surface area contributed by atoms with Crippen LogP contribution in [0, 0.1) is 0 Å². The van der Waals surface area contributed by atoms with Crippen LogP contribution >= 0.6 is 0 Å². The molecule has 0 N–H and O–H groups in total. The Morgan fingerprint density at radius 2 is 2.09 bits per heavy atom. The van der Waals surface area contributed by atoms with E-state index in [1.54, 1.807) is 0 Å². The zero-order valence-electron chi connectivity index (χ0n) is 12.9. The molecule has 22 heavy (non-hydrogen) atoms. The molecule has 116 valence electrons. The Hall–Kier alpha value is -1.59. The monoisotopic (exact) mass is 315 g/mol. The Morgan fingerprint density at radius 1 is 1.27 bits per heavy atom. The first kappa shape index (κ1) is 15.3. The van der Waals surface area contributed by atoms with Crippen LogP contribution in [-0.4, -0.2) is 37.9 Å². The number of aromatic nitrogens is 2. The SMILES string of the molecule is CCc1ncc2c(n1)CN(CC[S@](=O)c1ccccc1)CC2. The summed E-state index contributed by atoms with van der Waals surface area (Å²) < 4.78 is 12.3. The zero-order valence-corrected chi connectivity index (χ0v) is 13.7. The summed E-state index contributed by atoms with van der Waals surface area (Å²) in [7, 11) is -0.923. The molecule has 0 amide bonds. The Labute approximate surface area is 134 Å². The van der Waals surface area contributed by atoms with Gasteiger partial charge in [-0.25, -0.2) is 9.97 Å². The van der Waals surface area contributed by atoms with Gasteiger partial charge in [-0.2, -0.15) is 0 Å². The summed E-state index contributed by atoms with van der Waals surface area (Å²) in [6, 6.07) is 9.69. The van der Waals surface area contributed by atoms with Crippen LogP contribution in [0.25, 0.3) is 0 Å². The molecule has 0 unspecified atom stereocenters. The molecule has 0 aliphatic carbocycles. The van der Waals surface area contributed by atoms with E-state index in [4.69, 9.17) is 0 Å². The predicted molar refractivity (Wildman–Crippen MR) is 88.1 cm³/mol. The number of rotatable bonds is 5. The number of benzene rings is 1. The van der Waals surface area contributed by atoms with E-state index in [0.29, 0.717) is 5.75 Å². The van der Waals surface area contributed by atoms with Crippen LogP contribution in [0.2, 0.25) is 0 Å². The summed E-state index contributed by atoms with van der Waals surface area (Å²) in [5, 5.41) is 0. The average Bonchev–Trinajstić information content (AvgIpc) is 2.59. The van der Waals surface area contributed by atoms with Crippen molar-refractivity contribution in [2.24, 2.45) is 0 Å². The van der Waals surface area contributed by atoms with Gasteiger partial charge in [0.25, 0.3) is 0 Å². The van der Waals surface area contributed by atoms with Crippen molar-refractivity contribution >= 4 is 10.8 Å². The minimum absolute atomic E-state index is 0.672. The van der Waals surface area contributed by atoms with Gasteiger partial charge in [-0.15, -0.1) is 0 Å². The molecular weight excluding hydrogens is 294 g/mol.